The van der Waals surface area contributed by atoms with E-state index in [1.54, 1.807) is 13.2 Å². The number of carbonyl (C=O) groups excluding carboxylic acids is 1. The van der Waals surface area contributed by atoms with E-state index < -0.39 is 18.0 Å². The molecule has 0 aliphatic rings. The molecule has 0 saturated carbocycles. The topological polar surface area (TPSA) is 77.2 Å². The van der Waals surface area contributed by atoms with Gasteiger partial charge in [-0.25, -0.2) is 9.18 Å². The monoisotopic (exact) mass is 481 g/mol. The summed E-state index contributed by atoms with van der Waals surface area (Å²) in [4.78, 5) is 13.1. The van der Waals surface area contributed by atoms with E-state index in [0.29, 0.717) is 21.8 Å². The zero-order valence-corrected chi connectivity index (χ0v) is 20.2. The number of nitrogen functional groups attached to an aromatic ring is 1. The predicted molar refractivity (Wildman–Crippen MR) is 131 cm³/mol. The maximum Gasteiger partial charge on any atom is 0.412 e. The largest absolute Gasteiger partial charge is 0.441 e. The Bertz CT molecular complexity index is 1060. The van der Waals surface area contributed by atoms with Gasteiger partial charge in [0.1, 0.15) is 11.9 Å². The van der Waals surface area contributed by atoms with Crippen molar-refractivity contribution in [3.8, 4) is 10.4 Å². The highest BCUT2D eigenvalue weighted by Gasteiger charge is 2.21. The standard InChI is InChI=1S/C21H21ClFN3O2S.CH4S/c1-4-13-7-5-6-8-14(13)12(3)28-21(27)25-19-11(2)26-29-20(19)15-9-17(23)18(24)10-16(15)22;1-2/h5-10,12H,4,24H2,1-3H3,(H,25,27);2H,1H3/t12-;/m1./s1. The molecule has 1 amide bonds. The number of nitrogens with one attached hydrogen (secondary N) is 1. The molecule has 0 bridgehead atoms. The lowest BCUT2D eigenvalue weighted by atomic mass is 10.0. The minimum atomic E-state index is -0.625. The number of amides is 1. The summed E-state index contributed by atoms with van der Waals surface area (Å²) in [6.45, 7) is 5.61. The first-order valence-corrected chi connectivity index (χ1v) is 11.6. The Labute approximate surface area is 196 Å². The van der Waals surface area contributed by atoms with Gasteiger partial charge < -0.3 is 10.5 Å². The van der Waals surface area contributed by atoms with Crippen molar-refractivity contribution in [1.82, 2.24) is 4.37 Å². The van der Waals surface area contributed by atoms with Crippen LogP contribution in [0.25, 0.3) is 10.4 Å². The van der Waals surface area contributed by atoms with Crippen molar-refractivity contribution in [3.05, 3.63) is 64.1 Å². The second kappa shape index (κ2) is 11.4. The van der Waals surface area contributed by atoms with Gasteiger partial charge in [-0.05, 0) is 61.3 Å². The molecule has 1 heterocycles. The molecule has 2 aromatic carbocycles. The third-order valence-electron chi connectivity index (χ3n) is 4.58. The Morgan fingerprint density at radius 3 is 2.71 bits per heavy atom. The number of aromatic nitrogens is 1. The first kappa shape index (κ1) is 25.0. The highest BCUT2D eigenvalue weighted by atomic mass is 35.5. The van der Waals surface area contributed by atoms with Crippen LogP contribution in [0.3, 0.4) is 0 Å². The number of nitrogens with two attached hydrogens (primary N) is 1. The fraction of sp³-hybridized carbons (Fsp3) is 0.273. The van der Waals surface area contributed by atoms with E-state index in [4.69, 9.17) is 22.1 Å². The third kappa shape index (κ3) is 5.90. The number of ether oxygens (including phenoxy) is 1. The summed E-state index contributed by atoms with van der Waals surface area (Å²) < 4.78 is 23.8. The number of thiol groups is 1. The molecule has 0 fully saturated rings. The van der Waals surface area contributed by atoms with Crippen LogP contribution in [0.5, 0.6) is 0 Å². The summed E-state index contributed by atoms with van der Waals surface area (Å²) in [5, 5.41) is 3.00. The molecule has 0 saturated heterocycles. The fourth-order valence-corrected chi connectivity index (χ4v) is 4.24. The van der Waals surface area contributed by atoms with Crippen molar-refractivity contribution in [3.63, 3.8) is 0 Å². The number of hydrogen-bond acceptors (Lipinski definition) is 6. The van der Waals surface area contributed by atoms with Crippen molar-refractivity contribution < 1.29 is 13.9 Å². The first-order valence-electron chi connectivity index (χ1n) is 9.53. The molecule has 3 N–H and O–H groups in total. The lowest BCUT2D eigenvalue weighted by Crippen LogP contribution is -2.17. The maximum atomic E-state index is 14.0. The SMILES string of the molecule is CCc1ccccc1[C@@H](C)OC(=O)Nc1c(C)nsc1-c1cc(F)c(N)cc1Cl.CS. The smallest absolute Gasteiger partial charge is 0.412 e. The Morgan fingerprint density at radius 1 is 1.35 bits per heavy atom. The molecule has 0 aliphatic carbocycles. The molecule has 0 spiro atoms. The molecule has 0 unspecified atom stereocenters. The Morgan fingerprint density at radius 2 is 2.03 bits per heavy atom. The van der Waals surface area contributed by atoms with Crippen LogP contribution in [0.15, 0.2) is 36.4 Å². The molecule has 31 heavy (non-hydrogen) atoms. The summed E-state index contributed by atoms with van der Waals surface area (Å²) in [5.41, 5.74) is 9.01. The molecule has 1 atom stereocenters. The number of nitrogens with zero attached hydrogens (tertiary/aromatic N) is 1. The summed E-state index contributed by atoms with van der Waals surface area (Å²) in [5.74, 6) is -0.589. The molecule has 3 aromatic rings. The van der Waals surface area contributed by atoms with Crippen LogP contribution in [0, 0.1) is 12.7 Å². The summed E-state index contributed by atoms with van der Waals surface area (Å²) >= 11 is 10.9. The number of halogens is 2. The van der Waals surface area contributed by atoms with Gasteiger partial charge in [-0.15, -0.1) is 0 Å². The number of aryl methyl sites for hydroxylation is 2. The van der Waals surface area contributed by atoms with Crippen LogP contribution in [0.1, 0.15) is 36.8 Å². The van der Waals surface area contributed by atoms with Gasteiger partial charge >= 0.3 is 6.09 Å². The van der Waals surface area contributed by atoms with Gasteiger partial charge in [-0.1, -0.05) is 42.8 Å². The van der Waals surface area contributed by atoms with Crippen LogP contribution >= 0.6 is 35.8 Å². The lowest BCUT2D eigenvalue weighted by molar-refractivity contribution is 0.120. The minimum Gasteiger partial charge on any atom is -0.441 e. The first-order chi connectivity index (χ1) is 14.8. The van der Waals surface area contributed by atoms with E-state index >= 15 is 0 Å². The zero-order valence-electron chi connectivity index (χ0n) is 17.7. The lowest BCUT2D eigenvalue weighted by Gasteiger charge is -2.17. The predicted octanol–water partition coefficient (Wildman–Crippen LogP) is 6.91. The quantitative estimate of drug-likeness (QED) is 0.273. The average Bonchev–Trinajstić information content (AvgIpc) is 3.11. The highest BCUT2D eigenvalue weighted by molar-refractivity contribution is 7.79. The van der Waals surface area contributed by atoms with Gasteiger partial charge in [-0.2, -0.15) is 17.0 Å². The summed E-state index contributed by atoms with van der Waals surface area (Å²) in [6.07, 6.45) is 1.48. The van der Waals surface area contributed by atoms with E-state index in [-0.39, 0.29) is 10.7 Å². The van der Waals surface area contributed by atoms with Crippen LogP contribution < -0.4 is 11.1 Å². The van der Waals surface area contributed by atoms with Gasteiger partial charge in [0.25, 0.3) is 0 Å². The van der Waals surface area contributed by atoms with Gasteiger partial charge in [0, 0.05) is 5.56 Å². The molecule has 0 radical (unpaired) electrons. The molecular formula is C22H25ClFN3O2S2. The second-order valence-electron chi connectivity index (χ2n) is 6.55. The van der Waals surface area contributed by atoms with Crippen LogP contribution in [0.4, 0.5) is 20.6 Å². The van der Waals surface area contributed by atoms with E-state index in [0.717, 1.165) is 29.1 Å². The Kier molecular flexibility index (Phi) is 9.15. The highest BCUT2D eigenvalue weighted by Crippen LogP contribution is 2.40. The van der Waals surface area contributed by atoms with E-state index in [1.165, 1.54) is 12.1 Å². The molecule has 5 nitrogen and oxygen atoms in total. The summed E-state index contributed by atoms with van der Waals surface area (Å²) in [6, 6.07) is 10.4. The molecule has 9 heteroatoms. The molecular weight excluding hydrogens is 457 g/mol. The van der Waals surface area contributed by atoms with Crippen molar-refractivity contribution in [2.24, 2.45) is 0 Å². The molecule has 3 rings (SSSR count). The van der Waals surface area contributed by atoms with Gasteiger partial charge in [0.2, 0.25) is 0 Å². The molecule has 0 aliphatic heterocycles. The van der Waals surface area contributed by atoms with Crippen molar-refractivity contribution in [2.75, 3.05) is 17.3 Å². The van der Waals surface area contributed by atoms with Gasteiger partial charge in [0.05, 0.1) is 27.0 Å². The normalized spacial score (nSPS) is 11.3. The zero-order chi connectivity index (χ0) is 23.1. The number of anilines is 2. The average molecular weight is 482 g/mol. The van der Waals surface area contributed by atoms with Crippen LogP contribution in [0.2, 0.25) is 5.02 Å². The van der Waals surface area contributed by atoms with Crippen molar-refractivity contribution in [1.29, 1.82) is 0 Å². The number of benzene rings is 2. The molecule has 166 valence electrons. The van der Waals surface area contributed by atoms with Crippen molar-refractivity contribution >= 4 is 53.2 Å². The summed E-state index contributed by atoms with van der Waals surface area (Å²) in [7, 11) is 0. The van der Waals surface area contributed by atoms with Crippen LogP contribution in [-0.4, -0.2) is 16.7 Å². The molecule has 1 aromatic heterocycles. The van der Waals surface area contributed by atoms with E-state index in [1.807, 2.05) is 38.1 Å². The second-order valence-corrected chi connectivity index (χ2v) is 7.73. The van der Waals surface area contributed by atoms with Gasteiger partial charge in [0.15, 0.2) is 0 Å². The van der Waals surface area contributed by atoms with Crippen LogP contribution in [-0.2, 0) is 11.2 Å². The minimum absolute atomic E-state index is 0.0441. The number of rotatable bonds is 5. The fourth-order valence-electron chi connectivity index (χ4n) is 3.05. The maximum absolute atomic E-state index is 14.0. The number of carbonyl (C=O) groups is 1. The van der Waals surface area contributed by atoms with Crippen molar-refractivity contribution in [2.45, 2.75) is 33.3 Å². The van der Waals surface area contributed by atoms with Gasteiger partial charge in [-0.3, -0.25) is 5.32 Å². The van der Waals surface area contributed by atoms with E-state index in [2.05, 4.69) is 22.3 Å². The third-order valence-corrected chi connectivity index (χ3v) is 5.86. The Hall–Kier alpha value is -2.29. The Balaban J connectivity index is 0.00000166. The number of hydrogen-bond donors (Lipinski definition) is 3. The van der Waals surface area contributed by atoms with E-state index in [9.17, 15) is 9.18 Å².